The lowest BCUT2D eigenvalue weighted by molar-refractivity contribution is -0.176. The third-order valence-corrected chi connectivity index (χ3v) is 14.1. The molecule has 4 nitrogen and oxygen atoms in total. The van der Waals surface area contributed by atoms with E-state index in [1.807, 2.05) is 0 Å². The summed E-state index contributed by atoms with van der Waals surface area (Å²) < 4.78 is 41.4. The molecule has 8 atom stereocenters. The second kappa shape index (κ2) is 9.90. The molecule has 2 aromatic rings. The van der Waals surface area contributed by atoms with E-state index < -0.39 is 39.7 Å². The van der Waals surface area contributed by atoms with Crippen molar-refractivity contribution in [2.24, 2.45) is 33.5 Å². The number of benzene rings is 2. The molecule has 7 aliphatic rings. The Hall–Kier alpha value is -2.74. The van der Waals surface area contributed by atoms with Crippen LogP contribution in [0, 0.1) is 33.5 Å². The number of allylic oxidation sites excluding steroid dienone is 4. The maximum absolute atomic E-state index is 14.7. The van der Waals surface area contributed by atoms with Crippen molar-refractivity contribution < 1.29 is 28.2 Å². The molecule has 2 aromatic carbocycles. The van der Waals surface area contributed by atoms with Crippen molar-refractivity contribution in [3.05, 3.63) is 94.6 Å². The van der Waals surface area contributed by atoms with Crippen molar-refractivity contribution in [1.29, 1.82) is 0 Å². The first-order valence-corrected chi connectivity index (χ1v) is 17.1. The molecule has 7 heteroatoms. The summed E-state index contributed by atoms with van der Waals surface area (Å²) in [6.45, 7) is 6.79. The molecule has 0 saturated heterocycles. The molecule has 1 aliphatic heterocycles. The van der Waals surface area contributed by atoms with E-state index in [4.69, 9.17) is 0 Å². The van der Waals surface area contributed by atoms with Crippen LogP contribution in [0.15, 0.2) is 72.3 Å². The van der Waals surface area contributed by atoms with Crippen LogP contribution in [0.1, 0.15) is 85.8 Å². The zero-order valence-electron chi connectivity index (χ0n) is 26.7. The molecule has 2 N–H and O–H groups in total. The SMILES string of the molecule is C[C@]12CC[C@H]3[C@]4(C=C[C@@]5(C=C4C(=O)c4cccc(C(F)(F)F)c4)CC(O)CC[C@]35C)[C@@H]1CC[C@@]2(O)CN1CCc2ccccc2C1. The van der Waals surface area contributed by atoms with Crippen LogP contribution < -0.4 is 0 Å². The fourth-order valence-corrected chi connectivity index (χ4v) is 11.6. The Bertz CT molecular complexity index is 1670. The van der Waals surface area contributed by atoms with E-state index >= 15 is 0 Å². The molecule has 1 heterocycles. The normalized spacial score (nSPS) is 41.3. The summed E-state index contributed by atoms with van der Waals surface area (Å²) in [7, 11) is 0. The summed E-state index contributed by atoms with van der Waals surface area (Å²) in [6.07, 6.45) is 7.49. The lowest BCUT2D eigenvalue weighted by Crippen LogP contribution is -2.67. The van der Waals surface area contributed by atoms with Crippen LogP contribution >= 0.6 is 0 Å². The average Bonchev–Trinajstić information content (AvgIpc) is 3.30. The Balaban J connectivity index is 1.22. The van der Waals surface area contributed by atoms with Gasteiger partial charge in [0, 0.05) is 47.0 Å². The van der Waals surface area contributed by atoms with E-state index in [0.29, 0.717) is 31.4 Å². The Morgan fingerprint density at radius 2 is 1.65 bits per heavy atom. The van der Waals surface area contributed by atoms with Crippen LogP contribution in [0.4, 0.5) is 13.2 Å². The third kappa shape index (κ3) is 4.00. The summed E-state index contributed by atoms with van der Waals surface area (Å²) in [6, 6.07) is 13.4. The van der Waals surface area contributed by atoms with Gasteiger partial charge in [0.25, 0.3) is 0 Å². The van der Waals surface area contributed by atoms with Gasteiger partial charge in [0.15, 0.2) is 5.78 Å². The van der Waals surface area contributed by atoms with Gasteiger partial charge >= 0.3 is 6.18 Å². The Morgan fingerprint density at radius 1 is 0.935 bits per heavy atom. The van der Waals surface area contributed by atoms with Gasteiger partial charge in [0.2, 0.25) is 0 Å². The summed E-state index contributed by atoms with van der Waals surface area (Å²) in [5.74, 6) is -0.302. The maximum Gasteiger partial charge on any atom is 0.416 e. The molecule has 46 heavy (non-hydrogen) atoms. The van der Waals surface area contributed by atoms with Gasteiger partial charge in [-0.05, 0) is 91.9 Å². The minimum atomic E-state index is -4.55. The first kappa shape index (κ1) is 30.6. The number of Topliss-reactive ketones (excluding diaryl/α,β-unsaturated/α-hetero) is 1. The van der Waals surface area contributed by atoms with Crippen LogP contribution in [0.5, 0.6) is 0 Å². The van der Waals surface area contributed by atoms with Gasteiger partial charge in [0.1, 0.15) is 0 Å². The predicted octanol–water partition coefficient (Wildman–Crippen LogP) is 7.54. The minimum Gasteiger partial charge on any atom is -0.393 e. The van der Waals surface area contributed by atoms with Crippen LogP contribution in [0.2, 0.25) is 0 Å². The number of carbonyl (C=O) groups excluding carboxylic acids is 1. The number of rotatable bonds is 4. The van der Waals surface area contributed by atoms with Gasteiger partial charge in [-0.1, -0.05) is 68.5 Å². The van der Waals surface area contributed by atoms with Crippen LogP contribution in [0.3, 0.4) is 0 Å². The van der Waals surface area contributed by atoms with E-state index in [1.54, 1.807) is 0 Å². The fourth-order valence-electron chi connectivity index (χ4n) is 11.6. The van der Waals surface area contributed by atoms with E-state index in [-0.39, 0.29) is 28.6 Å². The Kier molecular flexibility index (Phi) is 6.58. The molecular formula is C39H44F3NO3. The smallest absolute Gasteiger partial charge is 0.393 e. The molecule has 2 spiro atoms. The molecule has 0 radical (unpaired) electrons. The quantitative estimate of drug-likeness (QED) is 0.271. The van der Waals surface area contributed by atoms with Gasteiger partial charge in [-0.25, -0.2) is 0 Å². The highest BCUT2D eigenvalue weighted by Crippen LogP contribution is 2.78. The number of hydrogen-bond acceptors (Lipinski definition) is 4. The molecule has 1 unspecified atom stereocenters. The summed E-state index contributed by atoms with van der Waals surface area (Å²) in [5, 5.41) is 23.6. The van der Waals surface area contributed by atoms with Crippen LogP contribution in [0.25, 0.3) is 0 Å². The van der Waals surface area contributed by atoms with Crippen molar-refractivity contribution in [1.82, 2.24) is 4.90 Å². The third-order valence-electron chi connectivity index (χ3n) is 14.1. The van der Waals surface area contributed by atoms with Gasteiger partial charge in [0.05, 0.1) is 17.3 Å². The summed E-state index contributed by atoms with van der Waals surface area (Å²) in [4.78, 5) is 17.0. The number of aliphatic hydroxyl groups is 2. The zero-order valence-corrected chi connectivity index (χ0v) is 26.7. The molecule has 244 valence electrons. The number of β-amino-alcohol motifs (C(OH)–C–C–N with tert-alkyl or cyclic N) is 1. The zero-order chi connectivity index (χ0) is 32.3. The minimum absolute atomic E-state index is 0.0416. The topological polar surface area (TPSA) is 60.8 Å². The van der Waals surface area contributed by atoms with Crippen molar-refractivity contribution in [3.8, 4) is 0 Å². The lowest BCUT2D eigenvalue weighted by Gasteiger charge is -2.71. The van der Waals surface area contributed by atoms with Crippen LogP contribution in [-0.4, -0.2) is 45.7 Å². The second-order valence-corrected chi connectivity index (χ2v) is 15.9. The molecule has 0 aromatic heterocycles. The monoisotopic (exact) mass is 631 g/mol. The van der Waals surface area contributed by atoms with Crippen molar-refractivity contribution in [2.45, 2.75) is 89.6 Å². The highest BCUT2D eigenvalue weighted by Gasteiger charge is 2.74. The molecule has 2 bridgehead atoms. The van der Waals surface area contributed by atoms with Crippen molar-refractivity contribution in [2.75, 3.05) is 13.1 Å². The molecule has 3 saturated carbocycles. The van der Waals surface area contributed by atoms with E-state index in [0.717, 1.165) is 57.3 Å². The number of fused-ring (bicyclic) bond motifs is 2. The van der Waals surface area contributed by atoms with Crippen molar-refractivity contribution in [3.63, 3.8) is 0 Å². The number of alkyl halides is 3. The predicted molar refractivity (Wildman–Crippen MR) is 170 cm³/mol. The number of carbonyl (C=O) groups is 1. The van der Waals surface area contributed by atoms with Crippen molar-refractivity contribution >= 4 is 5.78 Å². The number of ketones is 1. The number of nitrogens with zero attached hydrogens (tertiary/aromatic N) is 1. The maximum atomic E-state index is 14.7. The highest BCUT2D eigenvalue weighted by molar-refractivity contribution is 6.10. The molecule has 0 amide bonds. The first-order chi connectivity index (χ1) is 21.7. The first-order valence-electron chi connectivity index (χ1n) is 17.1. The van der Waals surface area contributed by atoms with Gasteiger partial charge in [-0.3, -0.25) is 9.69 Å². The van der Waals surface area contributed by atoms with E-state index in [1.165, 1.54) is 23.3 Å². The highest BCUT2D eigenvalue weighted by atomic mass is 19.4. The number of aliphatic hydroxyl groups excluding tert-OH is 1. The Labute approximate surface area is 269 Å². The van der Waals surface area contributed by atoms with Crippen LogP contribution in [-0.2, 0) is 19.1 Å². The molecule has 3 fully saturated rings. The standard InChI is InChI=1S/C39H44F3NO3/c1-34-14-10-29(44)21-36(34)17-18-38(30(22-36)33(45)26-8-5-9-28(20-26)39(40,41)42)31(34)11-15-35(2)32(38)12-16-37(35,46)24-43-19-13-25-6-3-4-7-27(25)23-43/h3-9,17-18,20,22,29,31-32,44,46H,10-16,19,21,23-24H2,1-2H3/t29?,31-,32-,34-,35+,36+,37-,38-/m1/s1. The van der Waals surface area contributed by atoms with E-state index in [2.05, 4.69) is 61.2 Å². The Morgan fingerprint density at radius 3 is 2.43 bits per heavy atom. The lowest BCUT2D eigenvalue weighted by atomic mass is 9.32. The number of halogens is 3. The summed E-state index contributed by atoms with van der Waals surface area (Å²) >= 11 is 0. The molecular weight excluding hydrogens is 587 g/mol. The molecule has 9 rings (SSSR count). The molecule has 6 aliphatic carbocycles. The fraction of sp³-hybridized carbons (Fsp3) is 0.564. The second-order valence-electron chi connectivity index (χ2n) is 15.9. The van der Waals surface area contributed by atoms with Gasteiger partial charge in [-0.2, -0.15) is 13.2 Å². The summed E-state index contributed by atoms with van der Waals surface area (Å²) in [5.41, 5.74) is -0.393. The van der Waals surface area contributed by atoms with Gasteiger partial charge in [-0.15, -0.1) is 0 Å². The van der Waals surface area contributed by atoms with E-state index in [9.17, 15) is 28.2 Å². The van der Waals surface area contributed by atoms with Gasteiger partial charge < -0.3 is 10.2 Å². The number of hydrogen-bond donors (Lipinski definition) is 2. The average molecular weight is 632 g/mol. The largest absolute Gasteiger partial charge is 0.416 e.